The molecule has 0 fully saturated rings. The lowest BCUT2D eigenvalue weighted by Crippen LogP contribution is -2.18. The Balaban J connectivity index is 2.04. The van der Waals surface area contributed by atoms with E-state index < -0.39 is 32.4 Å². The van der Waals surface area contributed by atoms with Gasteiger partial charge in [-0.2, -0.15) is 13.2 Å². The number of hydrogen-bond donors (Lipinski definition) is 1. The zero-order chi connectivity index (χ0) is 23.0. The number of halogens is 4. The SMILES string of the molecule is Cc1ccc(C(=O)c2ncc(Cl)cc2NS(=O)(=O)c2cccc(C(F)(F)F)c2)c(C)n1. The molecule has 1 aromatic carbocycles. The van der Waals surface area contributed by atoms with Crippen LogP contribution in [0.15, 0.2) is 53.6 Å². The molecule has 0 atom stereocenters. The summed E-state index contributed by atoms with van der Waals surface area (Å²) in [6.45, 7) is 3.36. The van der Waals surface area contributed by atoms with E-state index in [4.69, 9.17) is 11.6 Å². The molecule has 0 radical (unpaired) electrons. The Labute approximate surface area is 181 Å². The van der Waals surface area contributed by atoms with Crippen LogP contribution in [0.3, 0.4) is 0 Å². The monoisotopic (exact) mass is 469 g/mol. The summed E-state index contributed by atoms with van der Waals surface area (Å²) in [5.74, 6) is -0.622. The van der Waals surface area contributed by atoms with E-state index in [9.17, 15) is 26.4 Å². The summed E-state index contributed by atoms with van der Waals surface area (Å²) < 4.78 is 66.5. The number of nitrogens with zero attached hydrogens (tertiary/aromatic N) is 2. The van der Waals surface area contributed by atoms with Crippen molar-refractivity contribution in [2.75, 3.05) is 4.72 Å². The second-order valence-corrected chi connectivity index (χ2v) is 8.71. The van der Waals surface area contributed by atoms with Crippen molar-refractivity contribution < 1.29 is 26.4 Å². The average Bonchev–Trinajstić information content (AvgIpc) is 2.67. The summed E-state index contributed by atoms with van der Waals surface area (Å²) in [6, 6.07) is 7.53. The lowest BCUT2D eigenvalue weighted by molar-refractivity contribution is -0.137. The first-order valence-corrected chi connectivity index (χ1v) is 10.6. The lowest BCUT2D eigenvalue weighted by Gasteiger charge is -2.14. The summed E-state index contributed by atoms with van der Waals surface area (Å²) in [4.78, 5) is 20.5. The standard InChI is InChI=1S/C20H15ClF3N3O3S/c1-11-6-7-16(12(2)26-11)19(28)18-17(9-14(21)10-25-18)27-31(29,30)15-5-3-4-13(8-15)20(22,23)24/h3-10,27H,1-2H3. The summed E-state index contributed by atoms with van der Waals surface area (Å²) in [5, 5.41) is 0.0250. The van der Waals surface area contributed by atoms with E-state index in [1.165, 1.54) is 6.07 Å². The van der Waals surface area contributed by atoms with Gasteiger partial charge in [0.15, 0.2) is 0 Å². The fraction of sp³-hybridized carbons (Fsp3) is 0.150. The van der Waals surface area contributed by atoms with Gasteiger partial charge >= 0.3 is 6.18 Å². The number of aromatic nitrogens is 2. The van der Waals surface area contributed by atoms with Crippen molar-refractivity contribution in [3.05, 3.63) is 81.9 Å². The number of sulfonamides is 1. The zero-order valence-corrected chi connectivity index (χ0v) is 17.7. The number of hydrogen-bond acceptors (Lipinski definition) is 5. The summed E-state index contributed by atoms with van der Waals surface area (Å²) in [5.41, 5.74) is -0.377. The maximum Gasteiger partial charge on any atom is 0.416 e. The second-order valence-electron chi connectivity index (χ2n) is 6.60. The van der Waals surface area contributed by atoms with Gasteiger partial charge in [0.25, 0.3) is 10.0 Å². The molecule has 0 bridgehead atoms. The van der Waals surface area contributed by atoms with Gasteiger partial charge in [-0.1, -0.05) is 17.7 Å². The van der Waals surface area contributed by atoms with Crippen LogP contribution in [0, 0.1) is 13.8 Å². The van der Waals surface area contributed by atoms with Crippen LogP contribution < -0.4 is 4.72 Å². The molecule has 0 saturated heterocycles. The van der Waals surface area contributed by atoms with Gasteiger partial charge in [-0.05, 0) is 50.2 Å². The molecule has 0 saturated carbocycles. The highest BCUT2D eigenvalue weighted by Gasteiger charge is 2.32. The second kappa shape index (κ2) is 8.27. The summed E-state index contributed by atoms with van der Waals surface area (Å²) in [7, 11) is -4.48. The summed E-state index contributed by atoms with van der Waals surface area (Å²) in [6.07, 6.45) is -3.56. The van der Waals surface area contributed by atoms with E-state index in [-0.39, 0.29) is 22.0 Å². The quantitative estimate of drug-likeness (QED) is 0.542. The lowest BCUT2D eigenvalue weighted by atomic mass is 10.0. The molecule has 0 aliphatic carbocycles. The number of pyridine rings is 2. The third kappa shape index (κ3) is 5.02. The van der Waals surface area contributed by atoms with E-state index in [1.807, 2.05) is 0 Å². The first kappa shape index (κ1) is 22.7. The van der Waals surface area contributed by atoms with Gasteiger partial charge in [0.05, 0.1) is 21.2 Å². The van der Waals surface area contributed by atoms with Crippen LogP contribution >= 0.6 is 11.6 Å². The molecule has 2 heterocycles. The van der Waals surface area contributed by atoms with Crippen molar-refractivity contribution in [2.24, 2.45) is 0 Å². The van der Waals surface area contributed by atoms with E-state index in [0.29, 0.717) is 17.5 Å². The highest BCUT2D eigenvalue weighted by atomic mass is 35.5. The molecule has 0 aliphatic heterocycles. The molecule has 162 valence electrons. The molecule has 0 spiro atoms. The van der Waals surface area contributed by atoms with Crippen molar-refractivity contribution in [2.45, 2.75) is 24.9 Å². The molecule has 0 aliphatic rings. The number of nitrogens with one attached hydrogen (secondary N) is 1. The number of carbonyl (C=O) groups is 1. The van der Waals surface area contributed by atoms with E-state index in [1.54, 1.807) is 19.9 Å². The Morgan fingerprint density at radius 3 is 2.45 bits per heavy atom. The van der Waals surface area contributed by atoms with Crippen molar-refractivity contribution in [1.82, 2.24) is 9.97 Å². The smallest absolute Gasteiger partial charge is 0.287 e. The van der Waals surface area contributed by atoms with Gasteiger partial charge in [-0.25, -0.2) is 13.4 Å². The normalized spacial score (nSPS) is 11.9. The first-order valence-electron chi connectivity index (χ1n) is 8.73. The topological polar surface area (TPSA) is 89.0 Å². The number of aryl methyl sites for hydroxylation is 2. The van der Waals surface area contributed by atoms with Gasteiger partial charge in [0, 0.05) is 23.1 Å². The minimum atomic E-state index is -4.72. The minimum Gasteiger partial charge on any atom is -0.287 e. The molecular formula is C20H15ClF3N3O3S. The van der Waals surface area contributed by atoms with Crippen LogP contribution in [0.4, 0.5) is 18.9 Å². The van der Waals surface area contributed by atoms with Crippen molar-refractivity contribution in [1.29, 1.82) is 0 Å². The van der Waals surface area contributed by atoms with Crippen LogP contribution in [-0.2, 0) is 16.2 Å². The van der Waals surface area contributed by atoms with Gasteiger partial charge in [-0.15, -0.1) is 0 Å². The maximum atomic E-state index is 13.0. The molecular weight excluding hydrogens is 455 g/mol. The molecule has 31 heavy (non-hydrogen) atoms. The van der Waals surface area contributed by atoms with Crippen LogP contribution in [0.1, 0.15) is 33.0 Å². The van der Waals surface area contributed by atoms with Crippen LogP contribution in [0.2, 0.25) is 5.02 Å². The Kier molecular flexibility index (Phi) is 6.06. The third-order valence-corrected chi connectivity index (χ3v) is 5.82. The Bertz CT molecular complexity index is 1280. The predicted octanol–water partition coefficient (Wildman–Crippen LogP) is 4.80. The van der Waals surface area contributed by atoms with Crippen molar-refractivity contribution in [3.8, 4) is 0 Å². The Morgan fingerprint density at radius 1 is 1.10 bits per heavy atom. The first-order chi connectivity index (χ1) is 14.4. The van der Waals surface area contributed by atoms with Gasteiger partial charge in [0.1, 0.15) is 5.69 Å². The Morgan fingerprint density at radius 2 is 1.81 bits per heavy atom. The fourth-order valence-electron chi connectivity index (χ4n) is 2.80. The Hall–Kier alpha value is -2.98. The number of carbonyl (C=O) groups excluding carboxylic acids is 1. The minimum absolute atomic E-state index is 0.0250. The molecule has 3 aromatic rings. The van der Waals surface area contributed by atoms with Crippen molar-refractivity contribution in [3.63, 3.8) is 0 Å². The average molecular weight is 470 g/mol. The summed E-state index contributed by atoms with van der Waals surface area (Å²) >= 11 is 5.91. The number of anilines is 1. The van der Waals surface area contributed by atoms with Gasteiger partial charge in [-0.3, -0.25) is 14.5 Å². The van der Waals surface area contributed by atoms with Crippen LogP contribution in [-0.4, -0.2) is 24.2 Å². The molecule has 11 heteroatoms. The molecule has 0 amide bonds. The highest BCUT2D eigenvalue weighted by molar-refractivity contribution is 7.92. The van der Waals surface area contributed by atoms with E-state index in [2.05, 4.69) is 14.7 Å². The fourth-order valence-corrected chi connectivity index (χ4v) is 4.06. The third-order valence-electron chi connectivity index (χ3n) is 4.26. The predicted molar refractivity (Wildman–Crippen MR) is 109 cm³/mol. The van der Waals surface area contributed by atoms with Crippen molar-refractivity contribution >= 4 is 33.1 Å². The maximum absolute atomic E-state index is 13.0. The number of ketones is 1. The largest absolute Gasteiger partial charge is 0.416 e. The number of benzene rings is 1. The molecule has 0 unspecified atom stereocenters. The van der Waals surface area contributed by atoms with Gasteiger partial charge < -0.3 is 0 Å². The van der Waals surface area contributed by atoms with E-state index in [0.717, 1.165) is 30.5 Å². The number of rotatable bonds is 5. The highest BCUT2D eigenvalue weighted by Crippen LogP contribution is 2.31. The van der Waals surface area contributed by atoms with Crippen LogP contribution in [0.25, 0.3) is 0 Å². The zero-order valence-electron chi connectivity index (χ0n) is 16.2. The van der Waals surface area contributed by atoms with Gasteiger partial charge in [0.2, 0.25) is 5.78 Å². The molecule has 1 N–H and O–H groups in total. The molecule has 2 aromatic heterocycles. The van der Waals surface area contributed by atoms with Crippen LogP contribution in [0.5, 0.6) is 0 Å². The van der Waals surface area contributed by atoms with E-state index >= 15 is 0 Å². The number of alkyl halides is 3. The molecule has 3 rings (SSSR count). The molecule has 6 nitrogen and oxygen atoms in total.